The maximum atomic E-state index is 5.70. The Balaban J connectivity index is 1.50. The number of furan rings is 1. The Kier molecular flexibility index (Phi) is 8.41. The van der Waals surface area contributed by atoms with Crippen LogP contribution in [0.1, 0.15) is 17.7 Å². The van der Waals surface area contributed by atoms with Gasteiger partial charge in [-0.3, -0.25) is 4.99 Å². The second-order valence-electron chi connectivity index (χ2n) is 5.58. The van der Waals surface area contributed by atoms with Gasteiger partial charge in [0.15, 0.2) is 5.96 Å². The molecule has 2 N–H and O–H groups in total. The molecule has 0 unspecified atom stereocenters. The molecule has 6 nitrogen and oxygen atoms in total. The van der Waals surface area contributed by atoms with Gasteiger partial charge in [0.1, 0.15) is 24.7 Å². The quantitative estimate of drug-likeness (QED) is 0.394. The standard InChI is InChI=1S/C19H27N3O3/c1-16-6-3-7-17(14-16)25-13-10-22-19(20-2)21-9-5-11-23-15-18-8-4-12-24-18/h3-4,6-8,12,14H,5,9-11,13,15H2,1-2H3,(H2,20,21,22). The summed E-state index contributed by atoms with van der Waals surface area (Å²) in [6.45, 7) is 5.28. The summed E-state index contributed by atoms with van der Waals surface area (Å²) < 4.78 is 16.4. The molecule has 0 atom stereocenters. The van der Waals surface area contributed by atoms with Crippen LogP contribution in [-0.2, 0) is 11.3 Å². The molecule has 0 spiro atoms. The van der Waals surface area contributed by atoms with Gasteiger partial charge < -0.3 is 24.5 Å². The first-order valence-electron chi connectivity index (χ1n) is 8.52. The predicted octanol–water partition coefficient (Wildman–Crippen LogP) is 2.74. The molecule has 1 aromatic carbocycles. The van der Waals surface area contributed by atoms with Gasteiger partial charge in [-0.2, -0.15) is 0 Å². The summed E-state index contributed by atoms with van der Waals surface area (Å²) in [5.41, 5.74) is 1.19. The van der Waals surface area contributed by atoms with Gasteiger partial charge in [0.25, 0.3) is 0 Å². The van der Waals surface area contributed by atoms with Gasteiger partial charge in [-0.15, -0.1) is 0 Å². The van der Waals surface area contributed by atoms with Gasteiger partial charge in [0.05, 0.1) is 12.8 Å². The number of guanidine groups is 1. The lowest BCUT2D eigenvalue weighted by Gasteiger charge is -2.12. The number of aryl methyl sites for hydroxylation is 1. The van der Waals surface area contributed by atoms with Gasteiger partial charge >= 0.3 is 0 Å². The van der Waals surface area contributed by atoms with Gasteiger partial charge in [-0.1, -0.05) is 12.1 Å². The van der Waals surface area contributed by atoms with Crippen molar-refractivity contribution in [1.82, 2.24) is 10.6 Å². The minimum absolute atomic E-state index is 0.510. The summed E-state index contributed by atoms with van der Waals surface area (Å²) in [5, 5.41) is 6.48. The molecule has 0 radical (unpaired) electrons. The van der Waals surface area contributed by atoms with Crippen LogP contribution in [0.2, 0.25) is 0 Å². The lowest BCUT2D eigenvalue weighted by molar-refractivity contribution is 0.105. The third-order valence-electron chi connectivity index (χ3n) is 3.46. The van der Waals surface area contributed by atoms with Crippen molar-refractivity contribution >= 4 is 5.96 Å². The average molecular weight is 345 g/mol. The first kappa shape index (κ1) is 18.9. The van der Waals surface area contributed by atoms with E-state index in [0.29, 0.717) is 26.4 Å². The third-order valence-corrected chi connectivity index (χ3v) is 3.46. The van der Waals surface area contributed by atoms with Crippen molar-refractivity contribution in [1.29, 1.82) is 0 Å². The molecule has 0 aliphatic rings. The van der Waals surface area contributed by atoms with Crippen LogP contribution in [0.25, 0.3) is 0 Å². The van der Waals surface area contributed by atoms with Gasteiger partial charge in [0.2, 0.25) is 0 Å². The number of nitrogens with one attached hydrogen (secondary N) is 2. The minimum atomic E-state index is 0.510. The summed E-state index contributed by atoms with van der Waals surface area (Å²) in [6.07, 6.45) is 2.54. The van der Waals surface area contributed by atoms with Crippen molar-refractivity contribution in [2.75, 3.05) is 33.4 Å². The van der Waals surface area contributed by atoms with Crippen molar-refractivity contribution in [2.24, 2.45) is 4.99 Å². The lowest BCUT2D eigenvalue weighted by atomic mass is 10.2. The van der Waals surface area contributed by atoms with E-state index < -0.39 is 0 Å². The summed E-state index contributed by atoms with van der Waals surface area (Å²) in [4.78, 5) is 4.19. The van der Waals surface area contributed by atoms with E-state index in [2.05, 4.69) is 28.6 Å². The molecule has 0 saturated heterocycles. The molecule has 136 valence electrons. The largest absolute Gasteiger partial charge is 0.492 e. The molecular formula is C19H27N3O3. The Labute approximate surface area is 149 Å². The number of aliphatic imine (C=N–C) groups is 1. The zero-order chi connectivity index (χ0) is 17.7. The first-order chi connectivity index (χ1) is 12.3. The molecule has 6 heteroatoms. The monoisotopic (exact) mass is 345 g/mol. The lowest BCUT2D eigenvalue weighted by Crippen LogP contribution is -2.39. The molecule has 0 bridgehead atoms. The Morgan fingerprint density at radius 1 is 1.12 bits per heavy atom. The number of hydrogen-bond acceptors (Lipinski definition) is 4. The van der Waals surface area contributed by atoms with Crippen LogP contribution in [0.3, 0.4) is 0 Å². The molecule has 2 aromatic rings. The third kappa shape index (κ3) is 7.76. The molecule has 25 heavy (non-hydrogen) atoms. The Bertz CT molecular complexity index is 627. The number of hydrogen-bond donors (Lipinski definition) is 2. The summed E-state index contributed by atoms with van der Waals surface area (Å²) >= 11 is 0. The van der Waals surface area contributed by atoms with Gasteiger partial charge in [0, 0.05) is 20.2 Å². The SMILES string of the molecule is CN=C(NCCCOCc1ccco1)NCCOc1cccc(C)c1. The van der Waals surface area contributed by atoms with Crippen molar-refractivity contribution in [2.45, 2.75) is 20.0 Å². The van der Waals surface area contributed by atoms with Crippen LogP contribution < -0.4 is 15.4 Å². The number of ether oxygens (including phenoxy) is 2. The fourth-order valence-corrected chi connectivity index (χ4v) is 2.21. The molecule has 0 aliphatic heterocycles. The number of rotatable bonds is 10. The smallest absolute Gasteiger partial charge is 0.191 e. The van der Waals surface area contributed by atoms with E-state index in [1.165, 1.54) is 5.56 Å². The van der Waals surface area contributed by atoms with E-state index in [9.17, 15) is 0 Å². The molecule has 1 heterocycles. The second kappa shape index (κ2) is 11.1. The maximum Gasteiger partial charge on any atom is 0.191 e. The van der Waals surface area contributed by atoms with E-state index in [1.807, 2.05) is 30.3 Å². The highest BCUT2D eigenvalue weighted by Crippen LogP contribution is 2.11. The highest BCUT2D eigenvalue weighted by Gasteiger charge is 1.99. The Morgan fingerprint density at radius 2 is 2.00 bits per heavy atom. The summed E-state index contributed by atoms with van der Waals surface area (Å²) in [7, 11) is 1.75. The van der Waals surface area contributed by atoms with Gasteiger partial charge in [-0.25, -0.2) is 0 Å². The fraction of sp³-hybridized carbons (Fsp3) is 0.421. The topological polar surface area (TPSA) is 68.0 Å². The van der Waals surface area contributed by atoms with Crippen LogP contribution in [-0.4, -0.2) is 39.3 Å². The second-order valence-corrected chi connectivity index (χ2v) is 5.58. The Hall–Kier alpha value is -2.47. The first-order valence-corrected chi connectivity index (χ1v) is 8.52. The summed E-state index contributed by atoms with van der Waals surface area (Å²) in [5.74, 6) is 2.50. The van der Waals surface area contributed by atoms with Crippen LogP contribution in [0.5, 0.6) is 5.75 Å². The van der Waals surface area contributed by atoms with E-state index in [-0.39, 0.29) is 0 Å². The normalized spacial score (nSPS) is 11.4. The van der Waals surface area contributed by atoms with Crippen molar-refractivity contribution in [3.8, 4) is 5.75 Å². The Morgan fingerprint density at radius 3 is 2.76 bits per heavy atom. The molecule has 2 rings (SSSR count). The zero-order valence-electron chi connectivity index (χ0n) is 15.0. The number of benzene rings is 1. The average Bonchev–Trinajstić information content (AvgIpc) is 3.13. The highest BCUT2D eigenvalue weighted by molar-refractivity contribution is 5.79. The number of nitrogens with zero attached hydrogens (tertiary/aromatic N) is 1. The maximum absolute atomic E-state index is 5.70. The molecule has 1 aromatic heterocycles. The van der Waals surface area contributed by atoms with Crippen molar-refractivity contribution in [3.05, 3.63) is 54.0 Å². The molecular weight excluding hydrogens is 318 g/mol. The van der Waals surface area contributed by atoms with Gasteiger partial charge in [-0.05, 0) is 43.2 Å². The van der Waals surface area contributed by atoms with Crippen LogP contribution in [0.15, 0.2) is 52.1 Å². The van der Waals surface area contributed by atoms with Crippen LogP contribution in [0, 0.1) is 6.92 Å². The van der Waals surface area contributed by atoms with E-state index in [1.54, 1.807) is 13.3 Å². The molecule has 0 amide bonds. The molecule has 0 aliphatic carbocycles. The van der Waals surface area contributed by atoms with Crippen LogP contribution >= 0.6 is 0 Å². The minimum Gasteiger partial charge on any atom is -0.492 e. The van der Waals surface area contributed by atoms with E-state index in [0.717, 1.165) is 30.4 Å². The van der Waals surface area contributed by atoms with E-state index >= 15 is 0 Å². The predicted molar refractivity (Wildman–Crippen MR) is 99.0 cm³/mol. The fourth-order valence-electron chi connectivity index (χ4n) is 2.21. The van der Waals surface area contributed by atoms with Crippen molar-refractivity contribution in [3.63, 3.8) is 0 Å². The summed E-state index contributed by atoms with van der Waals surface area (Å²) in [6, 6.07) is 11.8. The van der Waals surface area contributed by atoms with Crippen LogP contribution in [0.4, 0.5) is 0 Å². The zero-order valence-corrected chi connectivity index (χ0v) is 15.0. The van der Waals surface area contributed by atoms with Crippen molar-refractivity contribution < 1.29 is 13.9 Å². The molecule has 0 saturated carbocycles. The highest BCUT2D eigenvalue weighted by atomic mass is 16.5. The van der Waals surface area contributed by atoms with E-state index in [4.69, 9.17) is 13.9 Å². The molecule has 0 fully saturated rings.